The van der Waals surface area contributed by atoms with E-state index in [0.717, 1.165) is 11.3 Å². The van der Waals surface area contributed by atoms with Gasteiger partial charge >= 0.3 is 6.09 Å². The number of carbonyl (C=O) groups excluding carboxylic acids is 1. The van der Waals surface area contributed by atoms with Crippen LogP contribution in [0.3, 0.4) is 0 Å². The average molecular weight is 437 g/mol. The third kappa shape index (κ3) is 9.14. The minimum absolute atomic E-state index is 0. The number of nitrogens with two attached hydrogens (primary N) is 1. The van der Waals surface area contributed by atoms with Crippen molar-refractivity contribution >= 4 is 52.7 Å². The summed E-state index contributed by atoms with van der Waals surface area (Å²) in [7, 11) is 0. The highest BCUT2D eigenvalue weighted by Crippen LogP contribution is 2.15. The molecular formula is C15H24IN3O2S. The normalized spacial score (nSPS) is 11.5. The summed E-state index contributed by atoms with van der Waals surface area (Å²) in [6.07, 6.45) is 2.19. The predicted molar refractivity (Wildman–Crippen MR) is 105 cm³/mol. The molecule has 1 aromatic rings. The first-order valence-electron chi connectivity index (χ1n) is 6.74. The first-order valence-corrected chi connectivity index (χ1v) is 7.96. The Kier molecular flexibility index (Phi) is 9.50. The zero-order valence-electron chi connectivity index (χ0n) is 13.4. The van der Waals surface area contributed by atoms with Gasteiger partial charge in [0.25, 0.3) is 0 Å². The standard InChI is InChI=1S/C15H23N3O2S.HI/c1-15(2,3)20-14(19)17-9-8-11-6-5-7-12(10-11)18-13(16)21-4;/h5-7,10H,8-9H2,1-4H3,(H2,16,18)(H,17,19);1H. The molecule has 0 atom stereocenters. The zero-order chi connectivity index (χ0) is 15.9. The number of alkyl carbamates (subject to hydrolysis) is 1. The van der Waals surface area contributed by atoms with Gasteiger partial charge < -0.3 is 15.8 Å². The maximum Gasteiger partial charge on any atom is 0.407 e. The van der Waals surface area contributed by atoms with Crippen molar-refractivity contribution in [1.82, 2.24) is 5.32 Å². The molecule has 7 heteroatoms. The number of halogens is 1. The van der Waals surface area contributed by atoms with E-state index in [1.54, 1.807) is 0 Å². The number of amides is 1. The fourth-order valence-electron chi connectivity index (χ4n) is 1.58. The van der Waals surface area contributed by atoms with Gasteiger partial charge in [-0.05, 0) is 51.1 Å². The van der Waals surface area contributed by atoms with E-state index in [2.05, 4.69) is 10.3 Å². The molecule has 0 bridgehead atoms. The number of ether oxygens (including phenoxy) is 1. The Morgan fingerprint density at radius 1 is 1.41 bits per heavy atom. The number of hydrogen-bond acceptors (Lipinski definition) is 4. The average Bonchev–Trinajstić information content (AvgIpc) is 2.37. The van der Waals surface area contributed by atoms with Gasteiger partial charge in [0.15, 0.2) is 5.17 Å². The van der Waals surface area contributed by atoms with E-state index in [1.165, 1.54) is 11.8 Å². The maximum atomic E-state index is 11.5. The molecule has 5 nitrogen and oxygen atoms in total. The molecule has 0 radical (unpaired) electrons. The Morgan fingerprint density at radius 3 is 2.68 bits per heavy atom. The van der Waals surface area contributed by atoms with Crippen LogP contribution in [0.4, 0.5) is 10.5 Å². The number of benzene rings is 1. The Morgan fingerprint density at radius 2 is 2.09 bits per heavy atom. The maximum absolute atomic E-state index is 11.5. The van der Waals surface area contributed by atoms with Crippen LogP contribution in [0.5, 0.6) is 0 Å². The molecule has 0 fully saturated rings. The van der Waals surface area contributed by atoms with E-state index >= 15 is 0 Å². The molecule has 0 spiro atoms. The van der Waals surface area contributed by atoms with Crippen LogP contribution in [0, 0.1) is 0 Å². The van der Waals surface area contributed by atoms with Crippen LogP contribution < -0.4 is 11.1 Å². The van der Waals surface area contributed by atoms with Gasteiger partial charge in [0, 0.05) is 6.54 Å². The smallest absolute Gasteiger partial charge is 0.407 e. The highest BCUT2D eigenvalue weighted by Gasteiger charge is 2.15. The molecule has 0 aliphatic heterocycles. The van der Waals surface area contributed by atoms with Crippen LogP contribution >= 0.6 is 35.7 Å². The number of carbonyl (C=O) groups is 1. The van der Waals surface area contributed by atoms with E-state index in [-0.39, 0.29) is 24.0 Å². The minimum atomic E-state index is -0.478. The summed E-state index contributed by atoms with van der Waals surface area (Å²) < 4.78 is 5.18. The van der Waals surface area contributed by atoms with Crippen molar-refractivity contribution in [1.29, 1.82) is 0 Å². The number of nitrogens with zero attached hydrogens (tertiary/aromatic N) is 1. The number of hydrogen-bond donors (Lipinski definition) is 2. The molecule has 0 saturated carbocycles. The molecule has 1 aromatic carbocycles. The molecular weight excluding hydrogens is 413 g/mol. The number of rotatable bonds is 4. The lowest BCUT2D eigenvalue weighted by molar-refractivity contribution is 0.0528. The van der Waals surface area contributed by atoms with Crippen molar-refractivity contribution in [2.75, 3.05) is 12.8 Å². The number of thioether (sulfide) groups is 1. The zero-order valence-corrected chi connectivity index (χ0v) is 16.5. The van der Waals surface area contributed by atoms with Gasteiger partial charge in [0.2, 0.25) is 0 Å². The molecule has 22 heavy (non-hydrogen) atoms. The van der Waals surface area contributed by atoms with Crippen molar-refractivity contribution in [2.45, 2.75) is 32.8 Å². The van der Waals surface area contributed by atoms with E-state index in [1.807, 2.05) is 51.3 Å². The van der Waals surface area contributed by atoms with Gasteiger partial charge in [-0.25, -0.2) is 9.79 Å². The fraction of sp³-hybridized carbons (Fsp3) is 0.467. The highest BCUT2D eigenvalue weighted by molar-refractivity contribution is 14.0. The molecule has 1 amide bonds. The van der Waals surface area contributed by atoms with Crippen LogP contribution in [-0.2, 0) is 11.2 Å². The summed E-state index contributed by atoms with van der Waals surface area (Å²) in [5, 5.41) is 3.26. The first-order chi connectivity index (χ1) is 9.80. The predicted octanol–water partition coefficient (Wildman–Crippen LogP) is 3.68. The van der Waals surface area contributed by atoms with Crippen LogP contribution in [0.2, 0.25) is 0 Å². The highest BCUT2D eigenvalue weighted by atomic mass is 127. The SMILES string of the molecule is CSC(N)=Nc1cccc(CCNC(=O)OC(C)(C)C)c1.I. The summed E-state index contributed by atoms with van der Waals surface area (Å²) in [5.74, 6) is 0. The monoisotopic (exact) mass is 437 g/mol. The molecule has 1 rings (SSSR count). The Balaban J connectivity index is 0.00000441. The van der Waals surface area contributed by atoms with Gasteiger partial charge in [-0.15, -0.1) is 24.0 Å². The Bertz CT molecular complexity index is 516. The molecule has 0 aliphatic carbocycles. The first kappa shape index (κ1) is 21.0. The lowest BCUT2D eigenvalue weighted by atomic mass is 10.1. The number of nitrogens with one attached hydrogen (secondary N) is 1. The van der Waals surface area contributed by atoms with Crippen LogP contribution in [0.15, 0.2) is 29.3 Å². The minimum Gasteiger partial charge on any atom is -0.444 e. The van der Waals surface area contributed by atoms with Crippen LogP contribution in [-0.4, -0.2) is 29.7 Å². The number of aliphatic imine (C=N–C) groups is 1. The van der Waals surface area contributed by atoms with E-state index in [9.17, 15) is 4.79 Å². The quantitative estimate of drug-likeness (QED) is 0.428. The van der Waals surface area contributed by atoms with E-state index < -0.39 is 11.7 Å². The summed E-state index contributed by atoms with van der Waals surface area (Å²) >= 11 is 1.41. The summed E-state index contributed by atoms with van der Waals surface area (Å²) in [6, 6.07) is 7.77. The van der Waals surface area contributed by atoms with E-state index in [4.69, 9.17) is 10.5 Å². The topological polar surface area (TPSA) is 76.7 Å². The summed E-state index contributed by atoms with van der Waals surface area (Å²) in [5.41, 5.74) is 7.12. The molecule has 0 aliphatic rings. The second-order valence-corrected chi connectivity index (χ2v) is 6.33. The third-order valence-corrected chi connectivity index (χ3v) is 2.95. The largest absolute Gasteiger partial charge is 0.444 e. The van der Waals surface area contributed by atoms with Gasteiger partial charge in [-0.3, -0.25) is 0 Å². The Labute approximate surface area is 153 Å². The fourth-order valence-corrected chi connectivity index (χ4v) is 1.77. The van der Waals surface area contributed by atoms with E-state index in [0.29, 0.717) is 18.1 Å². The molecule has 124 valence electrons. The molecule has 0 unspecified atom stereocenters. The molecule has 3 N–H and O–H groups in total. The van der Waals surface area contributed by atoms with Gasteiger partial charge in [0.05, 0.1) is 5.69 Å². The van der Waals surface area contributed by atoms with Crippen molar-refractivity contribution < 1.29 is 9.53 Å². The van der Waals surface area contributed by atoms with Gasteiger partial charge in [-0.2, -0.15) is 0 Å². The van der Waals surface area contributed by atoms with Crippen molar-refractivity contribution in [2.24, 2.45) is 10.7 Å². The molecule has 0 heterocycles. The third-order valence-electron chi connectivity index (χ3n) is 2.44. The summed E-state index contributed by atoms with van der Waals surface area (Å²) in [4.78, 5) is 15.8. The van der Waals surface area contributed by atoms with Crippen LogP contribution in [0.1, 0.15) is 26.3 Å². The second kappa shape index (κ2) is 9.94. The van der Waals surface area contributed by atoms with Crippen molar-refractivity contribution in [3.05, 3.63) is 29.8 Å². The number of amidine groups is 1. The van der Waals surface area contributed by atoms with Crippen molar-refractivity contribution in [3.8, 4) is 0 Å². The molecule has 0 saturated heterocycles. The Hall–Kier alpha value is -0.960. The lowest BCUT2D eigenvalue weighted by Gasteiger charge is -2.19. The molecule has 0 aromatic heterocycles. The van der Waals surface area contributed by atoms with Crippen LogP contribution in [0.25, 0.3) is 0 Å². The lowest BCUT2D eigenvalue weighted by Crippen LogP contribution is -2.33. The second-order valence-electron chi connectivity index (χ2n) is 5.50. The van der Waals surface area contributed by atoms with Gasteiger partial charge in [-0.1, -0.05) is 23.9 Å². The van der Waals surface area contributed by atoms with Crippen molar-refractivity contribution in [3.63, 3.8) is 0 Å². The summed E-state index contributed by atoms with van der Waals surface area (Å²) in [6.45, 7) is 6.03. The van der Waals surface area contributed by atoms with Gasteiger partial charge in [0.1, 0.15) is 5.60 Å².